The van der Waals surface area contributed by atoms with Crippen LogP contribution in [0.25, 0.3) is 22.5 Å². The van der Waals surface area contributed by atoms with Gasteiger partial charge in [-0.1, -0.05) is 49.6 Å². The number of hydrazine groups is 1. The number of aromatic amines is 1. The van der Waals surface area contributed by atoms with Crippen molar-refractivity contribution < 1.29 is 9.90 Å². The maximum atomic E-state index is 10.5. The number of carboxylic acids is 1. The van der Waals surface area contributed by atoms with Crippen LogP contribution in [0.5, 0.6) is 0 Å². The molecule has 156 valence electrons. The molecule has 0 saturated heterocycles. The molecule has 1 aromatic heterocycles. The minimum Gasteiger partial charge on any atom is -0.481 e. The number of fused-ring (bicyclic) bond motifs is 1. The summed E-state index contributed by atoms with van der Waals surface area (Å²) >= 11 is 0. The van der Waals surface area contributed by atoms with Crippen LogP contribution in [0.2, 0.25) is 0 Å². The highest BCUT2D eigenvalue weighted by Gasteiger charge is 2.19. The zero-order valence-corrected chi connectivity index (χ0v) is 16.8. The Labute approximate surface area is 175 Å². The lowest BCUT2D eigenvalue weighted by molar-refractivity contribution is -0.137. The van der Waals surface area contributed by atoms with Crippen LogP contribution in [0, 0.1) is 0 Å². The molecule has 2 aromatic carbocycles. The van der Waals surface area contributed by atoms with E-state index >= 15 is 0 Å². The molecule has 0 bridgehead atoms. The second-order valence-corrected chi connectivity index (χ2v) is 7.60. The Morgan fingerprint density at radius 1 is 1.03 bits per heavy atom. The first-order valence-corrected chi connectivity index (χ1v) is 10.4. The smallest absolute Gasteiger partial charge is 0.303 e. The summed E-state index contributed by atoms with van der Waals surface area (Å²) in [5, 5.41) is 25.4. The van der Waals surface area contributed by atoms with Gasteiger partial charge in [-0.2, -0.15) is 5.21 Å². The first-order valence-electron chi connectivity index (χ1n) is 10.4. The molecule has 0 atom stereocenters. The van der Waals surface area contributed by atoms with E-state index in [4.69, 9.17) is 5.11 Å². The monoisotopic (exact) mass is 406 g/mol. The Bertz CT molecular complexity index is 989. The zero-order chi connectivity index (χ0) is 20.8. The first-order chi connectivity index (χ1) is 14.7. The molecule has 0 unspecified atom stereocenters. The number of aliphatic carboxylic acids is 1. The van der Waals surface area contributed by atoms with Crippen molar-refractivity contribution in [2.45, 2.75) is 45.1 Å². The number of hydrogen-bond acceptors (Lipinski definition) is 6. The summed E-state index contributed by atoms with van der Waals surface area (Å²) < 4.78 is 0. The summed E-state index contributed by atoms with van der Waals surface area (Å²) in [5.74, 6) is -0.109. The van der Waals surface area contributed by atoms with Gasteiger partial charge in [0, 0.05) is 25.1 Å². The Hall–Kier alpha value is -3.26. The number of carboxylic acid groups (broad SMARTS) is 1. The Morgan fingerprint density at radius 3 is 2.63 bits per heavy atom. The molecule has 2 heterocycles. The van der Waals surface area contributed by atoms with Crippen LogP contribution < -0.4 is 5.43 Å². The predicted molar refractivity (Wildman–Crippen MR) is 114 cm³/mol. The minimum atomic E-state index is -0.701. The number of unbranched alkanes of at least 4 members (excludes halogenated alkanes) is 4. The SMILES string of the molecule is O=C(O)CCCCCCCN1Cc2cc(-c3ccccc3-c3nn[nH]n3)ccc2N1. The normalized spacial score (nSPS) is 13.2. The lowest BCUT2D eigenvalue weighted by Crippen LogP contribution is -2.24. The minimum absolute atomic E-state index is 0.279. The number of anilines is 1. The molecule has 1 aliphatic rings. The molecule has 3 N–H and O–H groups in total. The van der Waals surface area contributed by atoms with Crippen LogP contribution in [0.4, 0.5) is 5.69 Å². The average Bonchev–Trinajstić information content (AvgIpc) is 3.42. The van der Waals surface area contributed by atoms with E-state index in [1.807, 2.05) is 18.2 Å². The van der Waals surface area contributed by atoms with Crippen LogP contribution in [0.3, 0.4) is 0 Å². The molecule has 30 heavy (non-hydrogen) atoms. The van der Waals surface area contributed by atoms with Crippen LogP contribution in [0.15, 0.2) is 42.5 Å². The summed E-state index contributed by atoms with van der Waals surface area (Å²) in [6.45, 7) is 1.84. The summed E-state index contributed by atoms with van der Waals surface area (Å²) in [6, 6.07) is 14.6. The van der Waals surface area contributed by atoms with Crippen molar-refractivity contribution in [1.29, 1.82) is 0 Å². The Kier molecular flexibility index (Phi) is 6.34. The van der Waals surface area contributed by atoms with Crippen molar-refractivity contribution in [3.63, 3.8) is 0 Å². The summed E-state index contributed by atoms with van der Waals surface area (Å²) in [4.78, 5) is 10.5. The maximum absolute atomic E-state index is 10.5. The van der Waals surface area contributed by atoms with Crippen LogP contribution in [-0.2, 0) is 11.3 Å². The molecule has 0 saturated carbocycles. The first kappa shape index (κ1) is 20.0. The summed E-state index contributed by atoms with van der Waals surface area (Å²) in [5.41, 5.74) is 9.09. The fraction of sp³-hybridized carbons (Fsp3) is 0.364. The number of carbonyl (C=O) groups is 1. The lowest BCUT2D eigenvalue weighted by atomic mass is 9.97. The predicted octanol–water partition coefficient (Wildman–Crippen LogP) is 4.10. The van der Waals surface area contributed by atoms with E-state index in [2.05, 4.69) is 55.3 Å². The molecule has 8 nitrogen and oxygen atoms in total. The Balaban J connectivity index is 1.34. The second-order valence-electron chi connectivity index (χ2n) is 7.60. The number of rotatable bonds is 10. The highest BCUT2D eigenvalue weighted by molar-refractivity contribution is 5.81. The van der Waals surface area contributed by atoms with Gasteiger partial charge in [0.1, 0.15) is 0 Å². The number of nitrogens with zero attached hydrogens (tertiary/aromatic N) is 4. The molecule has 0 aliphatic carbocycles. The van der Waals surface area contributed by atoms with E-state index in [0.29, 0.717) is 5.82 Å². The lowest BCUT2D eigenvalue weighted by Gasteiger charge is -2.15. The molecule has 8 heteroatoms. The number of aromatic nitrogens is 4. The van der Waals surface area contributed by atoms with E-state index in [9.17, 15) is 4.79 Å². The number of nitrogens with one attached hydrogen (secondary N) is 2. The molecule has 4 rings (SSSR count). The molecule has 0 amide bonds. The number of benzene rings is 2. The van der Waals surface area contributed by atoms with E-state index in [-0.39, 0.29) is 6.42 Å². The van der Waals surface area contributed by atoms with Crippen molar-refractivity contribution in [2.24, 2.45) is 0 Å². The van der Waals surface area contributed by atoms with Crippen LogP contribution in [0.1, 0.15) is 44.1 Å². The van der Waals surface area contributed by atoms with Crippen molar-refractivity contribution in [2.75, 3.05) is 12.0 Å². The number of H-pyrrole nitrogens is 1. The van der Waals surface area contributed by atoms with Gasteiger partial charge in [-0.3, -0.25) is 4.79 Å². The average molecular weight is 406 g/mol. The largest absolute Gasteiger partial charge is 0.481 e. The van der Waals surface area contributed by atoms with Crippen molar-refractivity contribution in [3.8, 4) is 22.5 Å². The molecule has 1 aliphatic heterocycles. The van der Waals surface area contributed by atoms with Crippen LogP contribution >= 0.6 is 0 Å². The third-order valence-electron chi connectivity index (χ3n) is 5.39. The summed E-state index contributed by atoms with van der Waals surface area (Å²) in [7, 11) is 0. The van der Waals surface area contributed by atoms with Crippen LogP contribution in [-0.4, -0.2) is 43.3 Å². The van der Waals surface area contributed by atoms with Gasteiger partial charge >= 0.3 is 5.97 Å². The quantitative estimate of drug-likeness (QED) is 0.435. The van der Waals surface area contributed by atoms with Gasteiger partial charge in [0.2, 0.25) is 5.82 Å². The summed E-state index contributed by atoms with van der Waals surface area (Å²) in [6.07, 6.45) is 5.35. The highest BCUT2D eigenvalue weighted by atomic mass is 16.4. The van der Waals surface area contributed by atoms with Gasteiger partial charge in [0.05, 0.1) is 5.69 Å². The van der Waals surface area contributed by atoms with E-state index in [1.54, 1.807) is 0 Å². The standard InChI is InChI=1S/C22H26N6O2/c29-21(30)10-4-2-1-3-7-13-28-15-17-14-16(11-12-20(17)25-28)18-8-5-6-9-19(18)22-23-26-27-24-22/h5-6,8-9,11-12,14,25H,1-4,7,10,13,15H2,(H,29,30)(H,23,24,26,27). The van der Waals surface area contributed by atoms with Gasteiger partial charge < -0.3 is 10.5 Å². The molecular formula is C22H26N6O2. The van der Waals surface area contributed by atoms with Gasteiger partial charge in [-0.15, -0.1) is 10.2 Å². The van der Waals surface area contributed by atoms with E-state index in [0.717, 1.165) is 67.6 Å². The van der Waals surface area contributed by atoms with Gasteiger partial charge in [0.15, 0.2) is 0 Å². The molecule has 0 fully saturated rings. The highest BCUT2D eigenvalue weighted by Crippen LogP contribution is 2.34. The Morgan fingerprint density at radius 2 is 1.83 bits per heavy atom. The zero-order valence-electron chi connectivity index (χ0n) is 16.8. The maximum Gasteiger partial charge on any atom is 0.303 e. The second kappa shape index (κ2) is 9.49. The van der Waals surface area contributed by atoms with Gasteiger partial charge in [-0.25, -0.2) is 5.01 Å². The van der Waals surface area contributed by atoms with Crippen molar-refractivity contribution in [3.05, 3.63) is 48.0 Å². The van der Waals surface area contributed by atoms with E-state index < -0.39 is 5.97 Å². The molecular weight excluding hydrogens is 380 g/mol. The number of tetrazole rings is 1. The van der Waals surface area contributed by atoms with Gasteiger partial charge in [0.25, 0.3) is 0 Å². The van der Waals surface area contributed by atoms with Gasteiger partial charge in [-0.05, 0) is 46.9 Å². The van der Waals surface area contributed by atoms with E-state index in [1.165, 1.54) is 5.56 Å². The van der Waals surface area contributed by atoms with Crippen molar-refractivity contribution >= 4 is 11.7 Å². The van der Waals surface area contributed by atoms with Crippen molar-refractivity contribution in [1.82, 2.24) is 25.6 Å². The molecule has 0 spiro atoms. The fourth-order valence-corrected chi connectivity index (χ4v) is 3.87. The third-order valence-corrected chi connectivity index (χ3v) is 5.39. The molecule has 0 radical (unpaired) electrons. The fourth-order valence-electron chi connectivity index (χ4n) is 3.87. The topological polar surface area (TPSA) is 107 Å². The number of hydrogen-bond donors (Lipinski definition) is 3. The third kappa shape index (κ3) is 4.83. The molecule has 3 aromatic rings.